The molecule has 0 aromatic heterocycles. The molecule has 0 radical (unpaired) electrons. The molecule has 0 saturated carbocycles. The average molecular weight is 383 g/mol. The van der Waals surface area contributed by atoms with Crippen LogP contribution < -0.4 is 5.32 Å². The number of hydrogen-bond acceptors (Lipinski definition) is 6. The molecule has 2 fully saturated rings. The van der Waals surface area contributed by atoms with Crippen LogP contribution in [0.1, 0.15) is 68.2 Å². The first-order valence-electron chi connectivity index (χ1n) is 9.97. The molecular formula is C21H38N2O4. The Labute approximate surface area is 164 Å². The number of esters is 2. The van der Waals surface area contributed by atoms with Crippen LogP contribution >= 0.6 is 0 Å². The molecule has 0 amide bonds. The molecule has 2 heterocycles. The van der Waals surface area contributed by atoms with Gasteiger partial charge in [0.15, 0.2) is 0 Å². The Balaban J connectivity index is 1.82. The van der Waals surface area contributed by atoms with Gasteiger partial charge in [-0.1, -0.05) is 0 Å². The van der Waals surface area contributed by atoms with Crippen molar-refractivity contribution in [3.8, 4) is 0 Å². The SMILES string of the molecule is CN1C(C)(C)CC(C(=O)OCCOC(=O)C2CC(C)(C)NC2(C)C)C1(C)C. The van der Waals surface area contributed by atoms with E-state index in [1.54, 1.807) is 0 Å². The minimum Gasteiger partial charge on any atom is -0.462 e. The highest BCUT2D eigenvalue weighted by Gasteiger charge is 2.53. The molecule has 2 aliphatic rings. The molecule has 0 spiro atoms. The van der Waals surface area contributed by atoms with Gasteiger partial charge in [0.25, 0.3) is 0 Å². The van der Waals surface area contributed by atoms with Gasteiger partial charge in [0.05, 0.1) is 11.8 Å². The smallest absolute Gasteiger partial charge is 0.310 e. The fourth-order valence-corrected chi connectivity index (χ4v) is 4.91. The van der Waals surface area contributed by atoms with Crippen LogP contribution in [0.2, 0.25) is 0 Å². The molecular weight excluding hydrogens is 344 g/mol. The molecule has 2 saturated heterocycles. The number of carbonyl (C=O) groups excluding carboxylic acids is 2. The second-order valence-corrected chi connectivity index (χ2v) is 10.6. The first kappa shape index (κ1) is 22.2. The van der Waals surface area contributed by atoms with Crippen molar-refractivity contribution in [2.45, 2.75) is 90.4 Å². The first-order valence-corrected chi connectivity index (χ1v) is 9.97. The van der Waals surface area contributed by atoms with Crippen LogP contribution in [0.15, 0.2) is 0 Å². The van der Waals surface area contributed by atoms with E-state index in [1.165, 1.54) is 0 Å². The van der Waals surface area contributed by atoms with Gasteiger partial charge < -0.3 is 14.8 Å². The lowest BCUT2D eigenvalue weighted by Gasteiger charge is -2.37. The van der Waals surface area contributed by atoms with Crippen LogP contribution in [-0.4, -0.2) is 59.3 Å². The second kappa shape index (κ2) is 7.03. The third-order valence-corrected chi connectivity index (χ3v) is 6.72. The van der Waals surface area contributed by atoms with Crippen molar-refractivity contribution in [1.82, 2.24) is 10.2 Å². The average Bonchev–Trinajstić information content (AvgIpc) is 2.83. The van der Waals surface area contributed by atoms with E-state index in [9.17, 15) is 9.59 Å². The molecule has 6 nitrogen and oxygen atoms in total. The summed E-state index contributed by atoms with van der Waals surface area (Å²) in [5.74, 6) is -0.827. The zero-order valence-corrected chi connectivity index (χ0v) is 18.6. The van der Waals surface area contributed by atoms with Gasteiger partial charge in [-0.25, -0.2) is 0 Å². The van der Waals surface area contributed by atoms with Gasteiger partial charge in [-0.05, 0) is 75.3 Å². The number of nitrogens with zero attached hydrogens (tertiary/aromatic N) is 1. The van der Waals surface area contributed by atoms with E-state index in [2.05, 4.69) is 51.8 Å². The Bertz CT molecular complexity index is 595. The lowest BCUT2D eigenvalue weighted by Crippen LogP contribution is -2.48. The van der Waals surface area contributed by atoms with Crippen molar-refractivity contribution in [2.75, 3.05) is 20.3 Å². The summed E-state index contributed by atoms with van der Waals surface area (Å²) in [5.41, 5.74) is -0.705. The predicted molar refractivity (Wildman–Crippen MR) is 105 cm³/mol. The molecule has 27 heavy (non-hydrogen) atoms. The van der Waals surface area contributed by atoms with Crippen LogP contribution in [0.25, 0.3) is 0 Å². The van der Waals surface area contributed by atoms with E-state index in [0.29, 0.717) is 0 Å². The van der Waals surface area contributed by atoms with E-state index >= 15 is 0 Å². The third-order valence-electron chi connectivity index (χ3n) is 6.72. The molecule has 0 aromatic carbocycles. The van der Waals surface area contributed by atoms with Gasteiger partial charge in [0, 0.05) is 22.2 Å². The number of nitrogens with one attached hydrogen (secondary N) is 1. The standard InChI is InChI=1S/C21H38N2O4/c1-18(2)12-14(20(5,6)22-18)16(24)26-10-11-27-17(25)15-13-19(3,4)23(9)21(15,7)8/h14-15,22H,10-13H2,1-9H3. The lowest BCUT2D eigenvalue weighted by atomic mass is 9.87. The van der Waals surface area contributed by atoms with Crippen LogP contribution in [0, 0.1) is 11.8 Å². The summed E-state index contributed by atoms with van der Waals surface area (Å²) in [5, 5.41) is 3.48. The third kappa shape index (κ3) is 4.48. The Morgan fingerprint density at radius 3 is 1.74 bits per heavy atom. The second-order valence-electron chi connectivity index (χ2n) is 10.6. The molecule has 2 rings (SSSR count). The van der Waals surface area contributed by atoms with Crippen molar-refractivity contribution < 1.29 is 19.1 Å². The Hall–Kier alpha value is -1.14. The van der Waals surface area contributed by atoms with Gasteiger partial charge in [-0.3, -0.25) is 14.5 Å². The van der Waals surface area contributed by atoms with Crippen molar-refractivity contribution in [1.29, 1.82) is 0 Å². The Morgan fingerprint density at radius 1 is 0.889 bits per heavy atom. The highest BCUT2D eigenvalue weighted by atomic mass is 16.6. The Morgan fingerprint density at radius 2 is 1.37 bits per heavy atom. The molecule has 2 aliphatic heterocycles. The number of likely N-dealkylation sites (tertiary alicyclic amines) is 1. The molecule has 0 aromatic rings. The zero-order valence-electron chi connectivity index (χ0n) is 18.6. The molecule has 2 unspecified atom stereocenters. The molecule has 156 valence electrons. The van der Waals surface area contributed by atoms with E-state index in [-0.39, 0.29) is 59.1 Å². The van der Waals surface area contributed by atoms with E-state index in [0.717, 1.165) is 12.8 Å². The van der Waals surface area contributed by atoms with E-state index in [1.807, 2.05) is 20.9 Å². The molecule has 2 atom stereocenters. The van der Waals surface area contributed by atoms with Crippen LogP contribution in [0.3, 0.4) is 0 Å². The summed E-state index contributed by atoms with van der Waals surface area (Å²) < 4.78 is 10.9. The Kier molecular flexibility index (Phi) is 5.77. The number of carbonyl (C=O) groups is 2. The molecule has 1 N–H and O–H groups in total. The fourth-order valence-electron chi connectivity index (χ4n) is 4.91. The molecule has 0 aliphatic carbocycles. The van der Waals surface area contributed by atoms with Gasteiger partial charge in [-0.15, -0.1) is 0 Å². The maximum atomic E-state index is 12.6. The quantitative estimate of drug-likeness (QED) is 0.582. The maximum Gasteiger partial charge on any atom is 0.310 e. The lowest BCUT2D eigenvalue weighted by molar-refractivity contribution is -0.159. The zero-order chi connectivity index (χ0) is 20.8. The number of rotatable bonds is 5. The molecule has 6 heteroatoms. The minimum atomic E-state index is -0.304. The summed E-state index contributed by atoms with van der Waals surface area (Å²) in [4.78, 5) is 27.3. The van der Waals surface area contributed by atoms with Crippen molar-refractivity contribution >= 4 is 11.9 Å². The minimum absolute atomic E-state index is 0.0481. The maximum absolute atomic E-state index is 12.6. The number of hydrogen-bond donors (Lipinski definition) is 1. The predicted octanol–water partition coefficient (Wildman–Crippen LogP) is 2.75. The van der Waals surface area contributed by atoms with Crippen LogP contribution in [0.5, 0.6) is 0 Å². The van der Waals surface area contributed by atoms with Gasteiger partial charge in [-0.2, -0.15) is 0 Å². The van der Waals surface area contributed by atoms with Gasteiger partial charge >= 0.3 is 11.9 Å². The monoisotopic (exact) mass is 382 g/mol. The summed E-state index contributed by atoms with van der Waals surface area (Å²) in [6.45, 7) is 16.9. The normalized spacial score (nSPS) is 30.9. The van der Waals surface area contributed by atoms with E-state index < -0.39 is 0 Å². The summed E-state index contributed by atoms with van der Waals surface area (Å²) in [6, 6.07) is 0. The van der Waals surface area contributed by atoms with E-state index in [4.69, 9.17) is 9.47 Å². The number of ether oxygens (including phenoxy) is 2. The summed E-state index contributed by atoms with van der Waals surface area (Å²) >= 11 is 0. The highest BCUT2D eigenvalue weighted by Crippen LogP contribution is 2.44. The van der Waals surface area contributed by atoms with Crippen molar-refractivity contribution in [3.05, 3.63) is 0 Å². The topological polar surface area (TPSA) is 67.9 Å². The summed E-state index contributed by atoms with van der Waals surface area (Å²) in [7, 11) is 2.05. The van der Waals surface area contributed by atoms with Crippen molar-refractivity contribution in [3.63, 3.8) is 0 Å². The molecule has 0 bridgehead atoms. The van der Waals surface area contributed by atoms with Crippen molar-refractivity contribution in [2.24, 2.45) is 11.8 Å². The van der Waals surface area contributed by atoms with Gasteiger partial charge in [0.2, 0.25) is 0 Å². The van der Waals surface area contributed by atoms with Crippen LogP contribution in [-0.2, 0) is 19.1 Å². The largest absolute Gasteiger partial charge is 0.462 e. The highest BCUT2D eigenvalue weighted by molar-refractivity contribution is 5.75. The summed E-state index contributed by atoms with van der Waals surface area (Å²) in [6.07, 6.45) is 1.49. The van der Waals surface area contributed by atoms with Crippen LogP contribution in [0.4, 0.5) is 0 Å². The fraction of sp³-hybridized carbons (Fsp3) is 0.905. The van der Waals surface area contributed by atoms with Gasteiger partial charge in [0.1, 0.15) is 13.2 Å². The first-order chi connectivity index (χ1) is 12.1.